The second-order valence-corrected chi connectivity index (χ2v) is 7.30. The van der Waals surface area contributed by atoms with Gasteiger partial charge in [0.15, 0.2) is 0 Å². The number of para-hydroxylation sites is 2. The van der Waals surface area contributed by atoms with Crippen molar-refractivity contribution >= 4 is 23.1 Å². The summed E-state index contributed by atoms with van der Waals surface area (Å²) in [5, 5.41) is 9.17. The Hall–Kier alpha value is -3.56. The normalized spacial score (nSPS) is 12.1. The monoisotopic (exact) mass is 448 g/mol. The number of fused-ring (bicyclic) bond motifs is 1. The van der Waals surface area contributed by atoms with Gasteiger partial charge in [0.2, 0.25) is 0 Å². The number of hydrogen-bond donors (Lipinski definition) is 1. The highest BCUT2D eigenvalue weighted by Gasteiger charge is 2.26. The Kier molecular flexibility index (Phi) is 6.71. The fourth-order valence-electron chi connectivity index (χ4n) is 3.64. The number of halogens is 3. The van der Waals surface area contributed by atoms with Gasteiger partial charge >= 0.3 is 17.8 Å². The Bertz CT molecular complexity index is 1230. The SMILES string of the molecule is C=C/C=C\c1c(C)n(CC(=O)O)c(=O)n1Cc1nc2ccccc2n1CCCC(F)(F)F. The number of alkyl halides is 3. The summed E-state index contributed by atoms with van der Waals surface area (Å²) in [5.41, 5.74) is 1.66. The van der Waals surface area contributed by atoms with Crippen LogP contribution in [-0.4, -0.2) is 35.9 Å². The highest BCUT2D eigenvalue weighted by molar-refractivity contribution is 5.76. The first kappa shape index (κ1) is 23.1. The average Bonchev–Trinajstić information content (AvgIpc) is 3.16. The zero-order valence-corrected chi connectivity index (χ0v) is 17.5. The van der Waals surface area contributed by atoms with Crippen molar-refractivity contribution in [2.75, 3.05) is 0 Å². The van der Waals surface area contributed by atoms with Crippen molar-refractivity contribution in [3.05, 3.63) is 70.7 Å². The van der Waals surface area contributed by atoms with Gasteiger partial charge in [-0.25, -0.2) is 9.78 Å². The summed E-state index contributed by atoms with van der Waals surface area (Å²) >= 11 is 0. The van der Waals surface area contributed by atoms with E-state index in [0.29, 0.717) is 28.2 Å². The van der Waals surface area contributed by atoms with Gasteiger partial charge in [-0.3, -0.25) is 13.9 Å². The van der Waals surface area contributed by atoms with Crippen molar-refractivity contribution in [3.63, 3.8) is 0 Å². The summed E-state index contributed by atoms with van der Waals surface area (Å²) in [4.78, 5) is 28.8. The molecule has 3 rings (SSSR count). The smallest absolute Gasteiger partial charge is 0.389 e. The molecule has 0 saturated carbocycles. The highest BCUT2D eigenvalue weighted by Crippen LogP contribution is 2.24. The van der Waals surface area contributed by atoms with E-state index in [1.807, 2.05) is 0 Å². The van der Waals surface area contributed by atoms with Crippen LogP contribution in [0.25, 0.3) is 17.1 Å². The van der Waals surface area contributed by atoms with Gasteiger partial charge in [-0.2, -0.15) is 13.2 Å². The Morgan fingerprint density at radius 2 is 1.94 bits per heavy atom. The second kappa shape index (κ2) is 9.29. The minimum Gasteiger partial charge on any atom is -0.480 e. The van der Waals surface area contributed by atoms with Crippen LogP contribution >= 0.6 is 0 Å². The Balaban J connectivity index is 2.08. The van der Waals surface area contributed by atoms with E-state index in [0.717, 1.165) is 4.57 Å². The number of allylic oxidation sites excluding steroid dienone is 2. The predicted molar refractivity (Wildman–Crippen MR) is 114 cm³/mol. The third kappa shape index (κ3) is 5.01. The minimum absolute atomic E-state index is 0.0240. The second-order valence-electron chi connectivity index (χ2n) is 7.30. The van der Waals surface area contributed by atoms with Crippen LogP contribution in [0.1, 0.15) is 30.1 Å². The molecule has 0 fully saturated rings. The average molecular weight is 448 g/mol. The number of aliphatic carboxylic acids is 1. The third-order valence-electron chi connectivity index (χ3n) is 5.09. The maximum atomic E-state index is 13.0. The number of nitrogens with zero attached hydrogens (tertiary/aromatic N) is 4. The Labute approximate surface area is 181 Å². The van der Waals surface area contributed by atoms with E-state index in [4.69, 9.17) is 0 Å². The molecule has 1 aromatic carbocycles. The molecule has 0 radical (unpaired) electrons. The summed E-state index contributed by atoms with van der Waals surface area (Å²) in [6.07, 6.45) is -0.542. The number of aryl methyl sites for hydroxylation is 1. The molecule has 10 heteroatoms. The molecular formula is C22H23F3N4O3. The standard InChI is InChI=1S/C22H23F3N4O3/c1-3-4-9-17-15(2)28(14-20(30)31)21(32)29(17)13-19-26-16-8-5-6-10-18(16)27(19)12-7-11-22(23,24)25/h3-6,8-10H,1,7,11-14H2,2H3,(H,30,31)/b9-4-. The first-order valence-electron chi connectivity index (χ1n) is 9.94. The molecule has 0 amide bonds. The molecule has 3 aromatic rings. The highest BCUT2D eigenvalue weighted by atomic mass is 19.4. The third-order valence-corrected chi connectivity index (χ3v) is 5.09. The fraction of sp³-hybridized carbons (Fsp3) is 0.318. The van der Waals surface area contributed by atoms with Crippen molar-refractivity contribution in [2.24, 2.45) is 0 Å². The van der Waals surface area contributed by atoms with E-state index < -0.39 is 30.8 Å². The van der Waals surface area contributed by atoms with Crippen LogP contribution in [0, 0.1) is 6.92 Å². The van der Waals surface area contributed by atoms with Gasteiger partial charge in [0.25, 0.3) is 0 Å². The van der Waals surface area contributed by atoms with Crippen LogP contribution in [0.4, 0.5) is 13.2 Å². The van der Waals surface area contributed by atoms with Crippen molar-refractivity contribution in [1.29, 1.82) is 0 Å². The number of benzene rings is 1. The summed E-state index contributed by atoms with van der Waals surface area (Å²) in [6, 6.07) is 7.06. The van der Waals surface area contributed by atoms with Gasteiger partial charge in [-0.15, -0.1) is 0 Å². The molecule has 2 aromatic heterocycles. The largest absolute Gasteiger partial charge is 0.480 e. The lowest BCUT2D eigenvalue weighted by atomic mass is 10.2. The summed E-state index contributed by atoms with van der Waals surface area (Å²) < 4.78 is 42.2. The van der Waals surface area contributed by atoms with Gasteiger partial charge in [-0.1, -0.05) is 30.9 Å². The molecule has 32 heavy (non-hydrogen) atoms. The van der Waals surface area contributed by atoms with Crippen molar-refractivity contribution in [1.82, 2.24) is 18.7 Å². The molecule has 0 atom stereocenters. The molecule has 0 saturated heterocycles. The quantitative estimate of drug-likeness (QED) is 0.502. The molecule has 0 bridgehead atoms. The number of imidazole rings is 2. The molecule has 0 unspecified atom stereocenters. The number of carboxylic acids is 1. The maximum Gasteiger partial charge on any atom is 0.389 e. The van der Waals surface area contributed by atoms with Crippen LogP contribution < -0.4 is 5.69 Å². The van der Waals surface area contributed by atoms with Crippen LogP contribution in [0.3, 0.4) is 0 Å². The van der Waals surface area contributed by atoms with Gasteiger partial charge in [0, 0.05) is 18.7 Å². The van der Waals surface area contributed by atoms with Crippen LogP contribution in [0.2, 0.25) is 0 Å². The topological polar surface area (TPSA) is 82.1 Å². The minimum atomic E-state index is -4.26. The lowest BCUT2D eigenvalue weighted by Gasteiger charge is -2.12. The zero-order valence-electron chi connectivity index (χ0n) is 17.5. The van der Waals surface area contributed by atoms with Crippen molar-refractivity contribution < 1.29 is 23.1 Å². The number of aromatic nitrogens is 4. The molecule has 0 spiro atoms. The summed E-state index contributed by atoms with van der Waals surface area (Å²) in [5.74, 6) is -0.748. The van der Waals surface area contributed by atoms with E-state index >= 15 is 0 Å². The number of hydrogen-bond acceptors (Lipinski definition) is 3. The molecular weight excluding hydrogens is 425 g/mol. The molecule has 1 N–H and O–H groups in total. The molecule has 0 aliphatic heterocycles. The Morgan fingerprint density at radius 3 is 2.59 bits per heavy atom. The van der Waals surface area contributed by atoms with E-state index in [-0.39, 0.29) is 19.5 Å². The molecule has 0 aliphatic rings. The van der Waals surface area contributed by atoms with Gasteiger partial charge in [-0.05, 0) is 31.6 Å². The molecule has 7 nitrogen and oxygen atoms in total. The predicted octanol–water partition coefficient (Wildman–Crippen LogP) is 3.98. The maximum absolute atomic E-state index is 13.0. The first-order chi connectivity index (χ1) is 15.1. The number of rotatable bonds is 9. The number of carbonyl (C=O) groups is 1. The zero-order chi connectivity index (χ0) is 23.5. The number of carboxylic acid groups (broad SMARTS) is 1. The van der Waals surface area contributed by atoms with Crippen molar-refractivity contribution in [2.45, 2.75) is 45.6 Å². The molecule has 170 valence electrons. The molecule has 2 heterocycles. The molecule has 0 aliphatic carbocycles. The fourth-order valence-corrected chi connectivity index (χ4v) is 3.64. The van der Waals surface area contributed by atoms with E-state index in [9.17, 15) is 27.9 Å². The lowest BCUT2D eigenvalue weighted by Crippen LogP contribution is -2.28. The summed E-state index contributed by atoms with van der Waals surface area (Å²) in [6.45, 7) is 4.80. The van der Waals surface area contributed by atoms with Crippen LogP contribution in [0.5, 0.6) is 0 Å². The first-order valence-corrected chi connectivity index (χ1v) is 9.94. The van der Waals surface area contributed by atoms with Gasteiger partial charge in [0.1, 0.15) is 12.4 Å². The summed E-state index contributed by atoms with van der Waals surface area (Å²) in [7, 11) is 0. The van der Waals surface area contributed by atoms with Gasteiger partial charge in [0.05, 0.1) is 23.3 Å². The van der Waals surface area contributed by atoms with Crippen molar-refractivity contribution in [3.8, 4) is 0 Å². The van der Waals surface area contributed by atoms with E-state index in [2.05, 4.69) is 11.6 Å². The van der Waals surface area contributed by atoms with Crippen LogP contribution in [-0.2, 0) is 24.4 Å². The lowest BCUT2D eigenvalue weighted by molar-refractivity contribution is -0.138. The van der Waals surface area contributed by atoms with Gasteiger partial charge < -0.3 is 9.67 Å². The van der Waals surface area contributed by atoms with Crippen LogP contribution in [0.15, 0.2) is 47.8 Å². The van der Waals surface area contributed by atoms with E-state index in [1.165, 1.54) is 10.6 Å². The van der Waals surface area contributed by atoms with E-state index in [1.54, 1.807) is 47.9 Å². The Morgan fingerprint density at radius 1 is 1.22 bits per heavy atom.